The van der Waals surface area contributed by atoms with Gasteiger partial charge in [-0.1, -0.05) is 0 Å². The molecule has 1 heterocycles. The van der Waals surface area contributed by atoms with E-state index in [0.717, 1.165) is 25.2 Å². The van der Waals surface area contributed by atoms with Crippen molar-refractivity contribution < 1.29 is 4.79 Å². The van der Waals surface area contributed by atoms with Crippen molar-refractivity contribution in [1.82, 2.24) is 14.9 Å². The van der Waals surface area contributed by atoms with Crippen LogP contribution in [0.15, 0.2) is 36.9 Å². The molecule has 2 aromatic rings. The van der Waals surface area contributed by atoms with E-state index in [1.807, 2.05) is 10.8 Å². The summed E-state index contributed by atoms with van der Waals surface area (Å²) in [7, 11) is 1.61. The lowest BCUT2D eigenvalue weighted by atomic mass is 10.1. The molecule has 0 saturated heterocycles. The summed E-state index contributed by atoms with van der Waals surface area (Å²) < 4.78 is 2.02. The van der Waals surface area contributed by atoms with Crippen LogP contribution < -0.4 is 16.4 Å². The second-order valence-electron chi connectivity index (χ2n) is 4.46. The van der Waals surface area contributed by atoms with Crippen LogP contribution in [0.2, 0.25) is 0 Å². The molecule has 20 heavy (non-hydrogen) atoms. The minimum atomic E-state index is -0.119. The van der Waals surface area contributed by atoms with Crippen molar-refractivity contribution in [3.8, 4) is 0 Å². The number of amides is 1. The van der Waals surface area contributed by atoms with Crippen molar-refractivity contribution in [2.24, 2.45) is 0 Å². The zero-order valence-corrected chi connectivity index (χ0v) is 11.5. The maximum absolute atomic E-state index is 11.6. The number of hydrogen-bond acceptors (Lipinski definition) is 4. The fourth-order valence-electron chi connectivity index (χ4n) is 1.90. The molecule has 0 bridgehead atoms. The molecule has 1 amide bonds. The van der Waals surface area contributed by atoms with E-state index in [-0.39, 0.29) is 5.91 Å². The average Bonchev–Trinajstić information content (AvgIpc) is 2.97. The number of benzene rings is 1. The van der Waals surface area contributed by atoms with Gasteiger partial charge >= 0.3 is 0 Å². The molecule has 0 spiro atoms. The Balaban J connectivity index is 1.89. The van der Waals surface area contributed by atoms with E-state index in [1.165, 1.54) is 0 Å². The van der Waals surface area contributed by atoms with Gasteiger partial charge in [0.1, 0.15) is 0 Å². The van der Waals surface area contributed by atoms with Crippen LogP contribution in [0.25, 0.3) is 0 Å². The highest BCUT2D eigenvalue weighted by Gasteiger charge is 2.06. The zero-order chi connectivity index (χ0) is 14.4. The molecule has 0 fully saturated rings. The number of anilines is 2. The van der Waals surface area contributed by atoms with E-state index in [9.17, 15) is 4.79 Å². The zero-order valence-electron chi connectivity index (χ0n) is 11.5. The Morgan fingerprint density at radius 2 is 2.30 bits per heavy atom. The largest absolute Gasteiger partial charge is 0.397 e. The van der Waals surface area contributed by atoms with Crippen LogP contribution in [0.1, 0.15) is 16.8 Å². The monoisotopic (exact) mass is 273 g/mol. The van der Waals surface area contributed by atoms with Crippen molar-refractivity contribution >= 4 is 17.3 Å². The number of carbonyl (C=O) groups is 1. The first-order chi connectivity index (χ1) is 9.70. The van der Waals surface area contributed by atoms with Gasteiger partial charge in [-0.3, -0.25) is 4.79 Å². The van der Waals surface area contributed by atoms with Gasteiger partial charge in [0.05, 0.1) is 17.7 Å². The van der Waals surface area contributed by atoms with Crippen molar-refractivity contribution in [2.45, 2.75) is 13.0 Å². The van der Waals surface area contributed by atoms with Gasteiger partial charge in [-0.15, -0.1) is 0 Å². The number of nitrogens with zero attached hydrogens (tertiary/aromatic N) is 2. The molecule has 0 aliphatic carbocycles. The molecule has 106 valence electrons. The summed E-state index contributed by atoms with van der Waals surface area (Å²) in [5.74, 6) is -0.119. The lowest BCUT2D eigenvalue weighted by molar-refractivity contribution is 0.0963. The molecule has 0 unspecified atom stereocenters. The maximum atomic E-state index is 11.6. The Morgan fingerprint density at radius 3 is 3.00 bits per heavy atom. The summed E-state index contributed by atoms with van der Waals surface area (Å²) in [6.07, 6.45) is 6.43. The number of rotatable bonds is 6. The molecule has 4 N–H and O–H groups in total. The van der Waals surface area contributed by atoms with Gasteiger partial charge in [-0.25, -0.2) is 4.98 Å². The standard InChI is InChI=1S/C14H19N5O/c1-16-14(20)11-3-4-12(15)13(9-11)18-5-2-7-19-8-6-17-10-19/h3-4,6,8-10,18H,2,5,7,15H2,1H3,(H,16,20). The van der Waals surface area contributed by atoms with E-state index < -0.39 is 0 Å². The maximum Gasteiger partial charge on any atom is 0.251 e. The fraction of sp³-hybridized carbons (Fsp3) is 0.286. The molecule has 0 radical (unpaired) electrons. The highest BCUT2D eigenvalue weighted by Crippen LogP contribution is 2.20. The molecule has 1 aromatic heterocycles. The topological polar surface area (TPSA) is 85.0 Å². The number of nitrogen functional groups attached to an aromatic ring is 1. The van der Waals surface area contributed by atoms with E-state index >= 15 is 0 Å². The molecular formula is C14H19N5O. The van der Waals surface area contributed by atoms with Gasteiger partial charge in [-0.2, -0.15) is 0 Å². The van der Waals surface area contributed by atoms with Crippen LogP contribution in [0, 0.1) is 0 Å². The summed E-state index contributed by atoms with van der Waals surface area (Å²) in [5, 5.41) is 5.85. The first-order valence-corrected chi connectivity index (χ1v) is 6.52. The van der Waals surface area contributed by atoms with Gasteiger partial charge in [0.15, 0.2) is 0 Å². The third kappa shape index (κ3) is 3.50. The molecule has 6 heteroatoms. The molecule has 2 rings (SSSR count). The third-order valence-corrected chi connectivity index (χ3v) is 3.01. The van der Waals surface area contributed by atoms with E-state index in [1.54, 1.807) is 37.8 Å². The van der Waals surface area contributed by atoms with Crippen LogP contribution >= 0.6 is 0 Å². The number of carbonyl (C=O) groups excluding carboxylic acids is 1. The number of nitrogens with two attached hydrogens (primary N) is 1. The highest BCUT2D eigenvalue weighted by atomic mass is 16.1. The van der Waals surface area contributed by atoms with Gasteiger partial charge in [-0.05, 0) is 24.6 Å². The minimum absolute atomic E-state index is 0.119. The van der Waals surface area contributed by atoms with Gasteiger partial charge in [0.2, 0.25) is 0 Å². The van der Waals surface area contributed by atoms with Crippen LogP contribution in [-0.4, -0.2) is 29.1 Å². The molecule has 0 saturated carbocycles. The highest BCUT2D eigenvalue weighted by molar-refractivity contribution is 5.96. The number of aromatic nitrogens is 2. The quantitative estimate of drug-likeness (QED) is 0.547. The number of aryl methyl sites for hydroxylation is 1. The van der Waals surface area contributed by atoms with Crippen molar-refractivity contribution in [3.63, 3.8) is 0 Å². The average molecular weight is 273 g/mol. The fourth-order valence-corrected chi connectivity index (χ4v) is 1.90. The predicted octanol–water partition coefficient (Wildman–Crippen LogP) is 1.33. The van der Waals surface area contributed by atoms with Crippen molar-refractivity contribution in [3.05, 3.63) is 42.5 Å². The summed E-state index contributed by atoms with van der Waals surface area (Å²) in [4.78, 5) is 15.6. The smallest absolute Gasteiger partial charge is 0.251 e. The van der Waals surface area contributed by atoms with Gasteiger partial charge in [0.25, 0.3) is 5.91 Å². The predicted molar refractivity (Wildman–Crippen MR) is 79.6 cm³/mol. The molecular weight excluding hydrogens is 254 g/mol. The lowest BCUT2D eigenvalue weighted by Crippen LogP contribution is -2.18. The van der Waals surface area contributed by atoms with Crippen LogP contribution in [-0.2, 0) is 6.54 Å². The summed E-state index contributed by atoms with van der Waals surface area (Å²) in [6, 6.07) is 5.22. The second-order valence-corrected chi connectivity index (χ2v) is 4.46. The first-order valence-electron chi connectivity index (χ1n) is 6.52. The molecule has 1 aromatic carbocycles. The van der Waals surface area contributed by atoms with E-state index in [2.05, 4.69) is 15.6 Å². The Hall–Kier alpha value is -2.50. The third-order valence-electron chi connectivity index (χ3n) is 3.01. The summed E-state index contributed by atoms with van der Waals surface area (Å²) in [5.41, 5.74) is 7.92. The SMILES string of the molecule is CNC(=O)c1ccc(N)c(NCCCn2ccnc2)c1. The van der Waals surface area contributed by atoms with Gasteiger partial charge < -0.3 is 20.9 Å². The Bertz CT molecular complexity index is 565. The van der Waals surface area contributed by atoms with Crippen LogP contribution in [0.5, 0.6) is 0 Å². The van der Waals surface area contributed by atoms with Crippen LogP contribution in [0.3, 0.4) is 0 Å². The second kappa shape index (κ2) is 6.60. The number of nitrogens with one attached hydrogen (secondary N) is 2. The van der Waals surface area contributed by atoms with E-state index in [4.69, 9.17) is 5.73 Å². The normalized spacial score (nSPS) is 10.2. The summed E-state index contributed by atoms with van der Waals surface area (Å²) in [6.45, 7) is 1.67. The molecule has 0 aliphatic heterocycles. The Labute approximate surface area is 118 Å². The molecule has 6 nitrogen and oxygen atoms in total. The summed E-state index contributed by atoms with van der Waals surface area (Å²) >= 11 is 0. The van der Waals surface area contributed by atoms with E-state index in [0.29, 0.717) is 11.3 Å². The Morgan fingerprint density at radius 1 is 1.45 bits per heavy atom. The number of imidazole rings is 1. The molecule has 0 aliphatic rings. The molecule has 0 atom stereocenters. The van der Waals surface area contributed by atoms with Crippen molar-refractivity contribution in [2.75, 3.05) is 24.6 Å². The van der Waals surface area contributed by atoms with Crippen molar-refractivity contribution in [1.29, 1.82) is 0 Å². The minimum Gasteiger partial charge on any atom is -0.397 e. The van der Waals surface area contributed by atoms with Gasteiger partial charge in [0, 0.05) is 38.1 Å². The first kappa shape index (κ1) is 13.9. The number of hydrogen-bond donors (Lipinski definition) is 3. The van der Waals surface area contributed by atoms with Crippen LogP contribution in [0.4, 0.5) is 11.4 Å². The lowest BCUT2D eigenvalue weighted by Gasteiger charge is -2.11. The Kier molecular flexibility index (Phi) is 4.60.